The van der Waals surface area contributed by atoms with E-state index in [-0.39, 0.29) is 0 Å². The van der Waals surface area contributed by atoms with E-state index in [9.17, 15) is 0 Å². The van der Waals surface area contributed by atoms with Crippen LogP contribution in [-0.2, 0) is 0 Å². The smallest absolute Gasteiger partial charge is 0.219 e. The average Bonchev–Trinajstić information content (AvgIpc) is 2.34. The molecular weight excluding hydrogens is 240 g/mol. The number of rotatable bonds is 3. The van der Waals surface area contributed by atoms with Crippen molar-refractivity contribution in [3.8, 4) is 17.4 Å². The molecule has 2 rings (SSSR count). The third-order valence-electron chi connectivity index (χ3n) is 2.13. The lowest BCUT2D eigenvalue weighted by molar-refractivity contribution is 0.408. The van der Waals surface area contributed by atoms with Crippen LogP contribution in [-0.4, -0.2) is 12.1 Å². The van der Waals surface area contributed by atoms with Crippen LogP contribution in [0.2, 0.25) is 5.02 Å². The molecule has 0 aliphatic carbocycles. The van der Waals surface area contributed by atoms with Crippen LogP contribution < -0.4 is 15.2 Å². The van der Waals surface area contributed by atoms with Crippen LogP contribution in [0.15, 0.2) is 36.5 Å². The number of anilines is 1. The van der Waals surface area contributed by atoms with Crippen molar-refractivity contribution in [1.29, 1.82) is 0 Å². The molecule has 2 N–H and O–H groups in total. The Morgan fingerprint density at radius 2 is 2.06 bits per heavy atom. The second-order valence-electron chi connectivity index (χ2n) is 3.32. The number of hydrogen-bond donors (Lipinski definition) is 1. The quantitative estimate of drug-likeness (QED) is 0.851. The zero-order valence-electron chi connectivity index (χ0n) is 9.18. The number of ether oxygens (including phenoxy) is 2. The van der Waals surface area contributed by atoms with E-state index in [0.29, 0.717) is 28.1 Å². The van der Waals surface area contributed by atoms with Gasteiger partial charge < -0.3 is 15.2 Å². The third kappa shape index (κ3) is 2.79. The van der Waals surface area contributed by atoms with Gasteiger partial charge in [0, 0.05) is 11.1 Å². The molecule has 5 heteroatoms. The van der Waals surface area contributed by atoms with Gasteiger partial charge in [-0.2, -0.15) is 0 Å². The number of aromatic nitrogens is 1. The Bertz CT molecular complexity index is 514. The Hall–Kier alpha value is -1.94. The Balaban J connectivity index is 2.19. The minimum atomic E-state index is 0.444. The molecule has 0 spiro atoms. The summed E-state index contributed by atoms with van der Waals surface area (Å²) in [6.45, 7) is 0. The molecule has 88 valence electrons. The van der Waals surface area contributed by atoms with E-state index >= 15 is 0 Å². The number of nitrogens with zero attached hydrogens (tertiary/aromatic N) is 1. The largest absolute Gasteiger partial charge is 0.495 e. The number of nitrogens with two attached hydrogens (primary N) is 1. The van der Waals surface area contributed by atoms with Crippen LogP contribution >= 0.6 is 11.6 Å². The highest BCUT2D eigenvalue weighted by atomic mass is 35.5. The number of hydrogen-bond acceptors (Lipinski definition) is 4. The van der Waals surface area contributed by atoms with Crippen molar-refractivity contribution >= 4 is 17.3 Å². The van der Waals surface area contributed by atoms with Crippen LogP contribution in [0.25, 0.3) is 0 Å². The van der Waals surface area contributed by atoms with Gasteiger partial charge in [-0.05, 0) is 24.3 Å². The highest BCUT2D eigenvalue weighted by Crippen LogP contribution is 2.29. The first-order valence-corrected chi connectivity index (χ1v) is 5.30. The van der Waals surface area contributed by atoms with Gasteiger partial charge in [-0.15, -0.1) is 0 Å². The van der Waals surface area contributed by atoms with Crippen molar-refractivity contribution in [1.82, 2.24) is 4.98 Å². The molecule has 0 bridgehead atoms. The third-order valence-corrected chi connectivity index (χ3v) is 2.37. The predicted octanol–water partition coefficient (Wildman–Crippen LogP) is 3.12. The van der Waals surface area contributed by atoms with Crippen LogP contribution in [0.3, 0.4) is 0 Å². The summed E-state index contributed by atoms with van der Waals surface area (Å²) in [5, 5.41) is 0.567. The van der Waals surface area contributed by atoms with Gasteiger partial charge in [-0.1, -0.05) is 11.6 Å². The van der Waals surface area contributed by atoms with Crippen molar-refractivity contribution in [2.75, 3.05) is 12.8 Å². The first-order valence-electron chi connectivity index (χ1n) is 4.92. The molecule has 17 heavy (non-hydrogen) atoms. The van der Waals surface area contributed by atoms with E-state index in [4.69, 9.17) is 26.8 Å². The van der Waals surface area contributed by atoms with Crippen LogP contribution in [0.1, 0.15) is 0 Å². The van der Waals surface area contributed by atoms with Gasteiger partial charge in [0.25, 0.3) is 0 Å². The van der Waals surface area contributed by atoms with Crippen LogP contribution in [0.5, 0.6) is 17.4 Å². The van der Waals surface area contributed by atoms with E-state index in [0.717, 1.165) is 0 Å². The molecule has 0 saturated carbocycles. The maximum atomic E-state index is 5.79. The molecule has 0 aliphatic rings. The van der Waals surface area contributed by atoms with Crippen molar-refractivity contribution in [3.05, 3.63) is 41.6 Å². The number of methoxy groups -OCH3 is 1. The molecule has 1 aromatic carbocycles. The van der Waals surface area contributed by atoms with Gasteiger partial charge in [0.2, 0.25) is 5.88 Å². The summed E-state index contributed by atoms with van der Waals surface area (Å²) in [5.74, 6) is 1.63. The van der Waals surface area contributed by atoms with E-state index < -0.39 is 0 Å². The average molecular weight is 251 g/mol. The molecule has 1 heterocycles. The fourth-order valence-corrected chi connectivity index (χ4v) is 1.45. The molecule has 0 radical (unpaired) electrons. The van der Waals surface area contributed by atoms with Gasteiger partial charge in [0.05, 0.1) is 19.0 Å². The first-order chi connectivity index (χ1) is 8.19. The topological polar surface area (TPSA) is 57.4 Å². The van der Waals surface area contributed by atoms with Gasteiger partial charge in [-0.3, -0.25) is 0 Å². The summed E-state index contributed by atoms with van der Waals surface area (Å²) in [7, 11) is 1.58. The van der Waals surface area contributed by atoms with Gasteiger partial charge >= 0.3 is 0 Å². The van der Waals surface area contributed by atoms with Gasteiger partial charge in [0.1, 0.15) is 5.75 Å². The highest BCUT2D eigenvalue weighted by molar-refractivity contribution is 6.30. The fourth-order valence-electron chi connectivity index (χ4n) is 1.27. The molecule has 0 saturated heterocycles. The Morgan fingerprint density at radius 3 is 2.65 bits per heavy atom. The maximum absolute atomic E-state index is 5.79. The second-order valence-corrected chi connectivity index (χ2v) is 3.76. The maximum Gasteiger partial charge on any atom is 0.219 e. The summed E-state index contributed by atoms with van der Waals surface area (Å²) in [6.07, 6.45) is 1.57. The highest BCUT2D eigenvalue weighted by Gasteiger charge is 2.04. The molecule has 2 aromatic rings. The predicted molar refractivity (Wildman–Crippen MR) is 66.7 cm³/mol. The van der Waals surface area contributed by atoms with E-state index in [2.05, 4.69) is 4.98 Å². The lowest BCUT2D eigenvalue weighted by Crippen LogP contribution is -1.93. The van der Waals surface area contributed by atoms with E-state index in [1.165, 1.54) is 0 Å². The van der Waals surface area contributed by atoms with E-state index in [1.54, 1.807) is 43.6 Å². The van der Waals surface area contributed by atoms with Gasteiger partial charge in [-0.25, -0.2) is 4.98 Å². The summed E-state index contributed by atoms with van der Waals surface area (Å²) in [6, 6.07) is 8.49. The van der Waals surface area contributed by atoms with Crippen molar-refractivity contribution in [2.45, 2.75) is 0 Å². The van der Waals surface area contributed by atoms with Crippen molar-refractivity contribution < 1.29 is 9.47 Å². The molecule has 0 unspecified atom stereocenters. The minimum Gasteiger partial charge on any atom is -0.495 e. The monoisotopic (exact) mass is 250 g/mol. The standard InChI is InChI=1S/C12H11ClN2O2/c1-16-9-3-5-12(15-7-9)17-11-4-2-8(13)6-10(11)14/h2-7H,14H2,1H3. The summed E-state index contributed by atoms with van der Waals surface area (Å²) >= 11 is 5.79. The number of nitrogen functional groups attached to an aromatic ring is 1. The van der Waals surface area contributed by atoms with Crippen molar-refractivity contribution in [2.24, 2.45) is 0 Å². The Labute approximate surface area is 104 Å². The molecule has 0 aliphatic heterocycles. The van der Waals surface area contributed by atoms with Crippen molar-refractivity contribution in [3.63, 3.8) is 0 Å². The van der Waals surface area contributed by atoms with Crippen LogP contribution in [0, 0.1) is 0 Å². The molecule has 1 aromatic heterocycles. The summed E-state index contributed by atoms with van der Waals surface area (Å²) in [4.78, 5) is 4.07. The molecule has 4 nitrogen and oxygen atoms in total. The zero-order chi connectivity index (χ0) is 12.3. The Kier molecular flexibility index (Phi) is 3.35. The zero-order valence-corrected chi connectivity index (χ0v) is 9.94. The lowest BCUT2D eigenvalue weighted by atomic mass is 10.3. The second kappa shape index (κ2) is 4.93. The first kappa shape index (κ1) is 11.5. The molecule has 0 fully saturated rings. The molecular formula is C12H11ClN2O2. The fraction of sp³-hybridized carbons (Fsp3) is 0.0833. The molecule has 0 atom stereocenters. The van der Waals surface area contributed by atoms with Gasteiger partial charge in [0.15, 0.2) is 5.75 Å². The summed E-state index contributed by atoms with van der Waals surface area (Å²) < 4.78 is 10.5. The number of benzene rings is 1. The number of pyridine rings is 1. The lowest BCUT2D eigenvalue weighted by Gasteiger charge is -2.08. The summed E-state index contributed by atoms with van der Waals surface area (Å²) in [5.41, 5.74) is 6.23. The minimum absolute atomic E-state index is 0.444. The number of halogens is 1. The van der Waals surface area contributed by atoms with E-state index in [1.807, 2.05) is 0 Å². The SMILES string of the molecule is COc1ccc(Oc2ccc(Cl)cc2N)nc1. The van der Waals surface area contributed by atoms with Crippen LogP contribution in [0.4, 0.5) is 5.69 Å². The normalized spacial score (nSPS) is 10.0. The molecule has 0 amide bonds. The Morgan fingerprint density at radius 1 is 1.24 bits per heavy atom.